The van der Waals surface area contributed by atoms with E-state index >= 15 is 0 Å². The molecule has 2 atom stereocenters. The van der Waals surface area contributed by atoms with Crippen LogP contribution in [0.4, 0.5) is 0 Å². The lowest BCUT2D eigenvalue weighted by molar-refractivity contribution is -0.122. The molecule has 2 saturated heterocycles. The molecule has 1 amide bonds. The van der Waals surface area contributed by atoms with E-state index in [0.717, 1.165) is 31.7 Å². The fourth-order valence-electron chi connectivity index (χ4n) is 4.12. The lowest BCUT2D eigenvalue weighted by atomic mass is 9.85. The number of nitrogens with one attached hydrogen (secondary N) is 1. The first kappa shape index (κ1) is 12.4. The van der Waals surface area contributed by atoms with Crippen LogP contribution in [0.3, 0.4) is 0 Å². The molecule has 0 aromatic carbocycles. The SMILES string of the molecule is NC(=O)C1CCC(NC2CCN3CCCC23)CC1. The largest absolute Gasteiger partial charge is 0.369 e. The van der Waals surface area contributed by atoms with Crippen LogP contribution in [0.5, 0.6) is 0 Å². The Labute approximate surface area is 109 Å². The zero-order valence-corrected chi connectivity index (χ0v) is 11.1. The predicted octanol–water partition coefficient (Wildman–Crippen LogP) is 0.857. The second kappa shape index (κ2) is 5.17. The Hall–Kier alpha value is -0.610. The number of rotatable bonds is 3. The van der Waals surface area contributed by atoms with Gasteiger partial charge in [0.25, 0.3) is 0 Å². The van der Waals surface area contributed by atoms with Crippen molar-refractivity contribution >= 4 is 5.91 Å². The number of carbonyl (C=O) groups excluding carboxylic acids is 1. The maximum atomic E-state index is 11.2. The summed E-state index contributed by atoms with van der Waals surface area (Å²) in [6.07, 6.45) is 8.25. The van der Waals surface area contributed by atoms with Crippen molar-refractivity contribution < 1.29 is 4.79 Å². The summed E-state index contributed by atoms with van der Waals surface area (Å²) in [5, 5.41) is 3.85. The molecule has 2 unspecified atom stereocenters. The van der Waals surface area contributed by atoms with E-state index in [-0.39, 0.29) is 11.8 Å². The second-order valence-corrected chi connectivity index (χ2v) is 6.26. The van der Waals surface area contributed by atoms with Crippen LogP contribution < -0.4 is 11.1 Å². The predicted molar refractivity (Wildman–Crippen MR) is 71.1 cm³/mol. The Morgan fingerprint density at radius 2 is 1.83 bits per heavy atom. The average molecular weight is 251 g/mol. The van der Waals surface area contributed by atoms with Crippen molar-refractivity contribution in [2.75, 3.05) is 13.1 Å². The highest BCUT2D eigenvalue weighted by Crippen LogP contribution is 2.30. The molecular formula is C14H25N3O. The van der Waals surface area contributed by atoms with Gasteiger partial charge in [-0.2, -0.15) is 0 Å². The van der Waals surface area contributed by atoms with Crippen LogP contribution in [0.25, 0.3) is 0 Å². The van der Waals surface area contributed by atoms with E-state index in [4.69, 9.17) is 5.73 Å². The number of carbonyl (C=O) groups is 1. The van der Waals surface area contributed by atoms with Gasteiger partial charge in [0.15, 0.2) is 0 Å². The van der Waals surface area contributed by atoms with Crippen molar-refractivity contribution in [1.82, 2.24) is 10.2 Å². The van der Waals surface area contributed by atoms with E-state index in [9.17, 15) is 4.79 Å². The summed E-state index contributed by atoms with van der Waals surface area (Å²) in [7, 11) is 0. The molecule has 0 aromatic heterocycles. The summed E-state index contributed by atoms with van der Waals surface area (Å²) in [6, 6.07) is 2.10. The van der Waals surface area contributed by atoms with Crippen LogP contribution in [0, 0.1) is 5.92 Å². The standard InChI is InChI=1S/C14H25N3O/c15-14(18)10-3-5-11(6-4-10)16-12-7-9-17-8-1-2-13(12)17/h10-13,16H,1-9H2,(H2,15,18). The van der Waals surface area contributed by atoms with Crippen molar-refractivity contribution in [3.8, 4) is 0 Å². The highest BCUT2D eigenvalue weighted by Gasteiger charge is 2.38. The van der Waals surface area contributed by atoms with Gasteiger partial charge in [0.05, 0.1) is 0 Å². The third-order valence-corrected chi connectivity index (χ3v) is 5.19. The highest BCUT2D eigenvalue weighted by molar-refractivity contribution is 5.76. The number of hydrogen-bond acceptors (Lipinski definition) is 3. The minimum Gasteiger partial charge on any atom is -0.369 e. The van der Waals surface area contributed by atoms with Crippen LogP contribution in [0.1, 0.15) is 44.9 Å². The smallest absolute Gasteiger partial charge is 0.220 e. The van der Waals surface area contributed by atoms with E-state index in [0.29, 0.717) is 12.1 Å². The van der Waals surface area contributed by atoms with Gasteiger partial charge in [-0.1, -0.05) is 0 Å². The van der Waals surface area contributed by atoms with E-state index in [1.54, 1.807) is 0 Å². The lowest BCUT2D eigenvalue weighted by Gasteiger charge is -2.31. The van der Waals surface area contributed by atoms with Crippen LogP contribution in [-0.4, -0.2) is 42.0 Å². The molecule has 2 heterocycles. The minimum absolute atomic E-state index is 0.101. The first-order chi connectivity index (χ1) is 8.74. The first-order valence-electron chi connectivity index (χ1n) is 7.53. The summed E-state index contributed by atoms with van der Waals surface area (Å²) >= 11 is 0. The van der Waals surface area contributed by atoms with Crippen LogP contribution in [0.15, 0.2) is 0 Å². The Kier molecular flexibility index (Phi) is 3.57. The first-order valence-corrected chi connectivity index (χ1v) is 7.53. The molecular weight excluding hydrogens is 226 g/mol. The third-order valence-electron chi connectivity index (χ3n) is 5.19. The van der Waals surface area contributed by atoms with E-state index in [2.05, 4.69) is 10.2 Å². The number of nitrogens with two attached hydrogens (primary N) is 1. The van der Waals surface area contributed by atoms with Gasteiger partial charge in [-0.3, -0.25) is 9.69 Å². The number of nitrogens with zero attached hydrogens (tertiary/aromatic N) is 1. The molecule has 3 N–H and O–H groups in total. The Morgan fingerprint density at radius 1 is 1.06 bits per heavy atom. The molecule has 0 bridgehead atoms. The summed E-state index contributed by atoms with van der Waals surface area (Å²) < 4.78 is 0. The summed E-state index contributed by atoms with van der Waals surface area (Å²) in [6.45, 7) is 2.58. The fourth-order valence-corrected chi connectivity index (χ4v) is 4.12. The maximum Gasteiger partial charge on any atom is 0.220 e. The molecule has 0 spiro atoms. The van der Waals surface area contributed by atoms with Crippen LogP contribution in [-0.2, 0) is 4.79 Å². The number of primary amides is 1. The van der Waals surface area contributed by atoms with Crippen molar-refractivity contribution in [2.45, 2.75) is 63.1 Å². The molecule has 2 aliphatic heterocycles. The summed E-state index contributed by atoms with van der Waals surface area (Å²) in [4.78, 5) is 13.8. The maximum absolute atomic E-state index is 11.2. The molecule has 0 aromatic rings. The topological polar surface area (TPSA) is 58.4 Å². The van der Waals surface area contributed by atoms with Gasteiger partial charge >= 0.3 is 0 Å². The van der Waals surface area contributed by atoms with Crippen molar-refractivity contribution in [2.24, 2.45) is 11.7 Å². The van der Waals surface area contributed by atoms with Gasteiger partial charge in [0.1, 0.15) is 0 Å². The number of amides is 1. The molecule has 3 fully saturated rings. The lowest BCUT2D eigenvalue weighted by Crippen LogP contribution is -2.46. The minimum atomic E-state index is -0.101. The Balaban J connectivity index is 1.48. The van der Waals surface area contributed by atoms with E-state index in [1.807, 2.05) is 0 Å². The third kappa shape index (κ3) is 2.41. The van der Waals surface area contributed by atoms with Gasteiger partial charge in [0.2, 0.25) is 5.91 Å². The molecule has 4 heteroatoms. The fraction of sp³-hybridized carbons (Fsp3) is 0.929. The molecule has 3 rings (SSSR count). The Bertz CT molecular complexity index is 312. The molecule has 0 radical (unpaired) electrons. The van der Waals surface area contributed by atoms with Crippen LogP contribution >= 0.6 is 0 Å². The quantitative estimate of drug-likeness (QED) is 0.782. The molecule has 1 aliphatic carbocycles. The van der Waals surface area contributed by atoms with Crippen molar-refractivity contribution in [3.63, 3.8) is 0 Å². The zero-order valence-electron chi connectivity index (χ0n) is 11.1. The van der Waals surface area contributed by atoms with Gasteiger partial charge in [-0.25, -0.2) is 0 Å². The average Bonchev–Trinajstić information content (AvgIpc) is 2.95. The highest BCUT2D eigenvalue weighted by atomic mass is 16.1. The number of fused-ring (bicyclic) bond motifs is 1. The Morgan fingerprint density at radius 3 is 2.56 bits per heavy atom. The van der Waals surface area contributed by atoms with Crippen molar-refractivity contribution in [3.05, 3.63) is 0 Å². The van der Waals surface area contributed by atoms with Gasteiger partial charge in [0, 0.05) is 30.6 Å². The zero-order chi connectivity index (χ0) is 12.5. The molecule has 4 nitrogen and oxygen atoms in total. The van der Waals surface area contributed by atoms with Gasteiger partial charge < -0.3 is 11.1 Å². The molecule has 3 aliphatic rings. The summed E-state index contributed by atoms with van der Waals surface area (Å²) in [5.41, 5.74) is 5.38. The molecule has 1 saturated carbocycles. The van der Waals surface area contributed by atoms with Crippen LogP contribution in [0.2, 0.25) is 0 Å². The summed E-state index contributed by atoms with van der Waals surface area (Å²) in [5.74, 6) is 0.0332. The monoisotopic (exact) mass is 251 g/mol. The molecule has 102 valence electrons. The number of hydrogen-bond donors (Lipinski definition) is 2. The van der Waals surface area contributed by atoms with Crippen molar-refractivity contribution in [1.29, 1.82) is 0 Å². The van der Waals surface area contributed by atoms with Gasteiger partial charge in [-0.05, 0) is 51.5 Å². The van der Waals surface area contributed by atoms with E-state index in [1.165, 1.54) is 32.4 Å². The van der Waals surface area contributed by atoms with E-state index < -0.39 is 0 Å². The molecule has 18 heavy (non-hydrogen) atoms. The second-order valence-electron chi connectivity index (χ2n) is 6.26. The van der Waals surface area contributed by atoms with Gasteiger partial charge in [-0.15, -0.1) is 0 Å². The normalized spacial score (nSPS) is 40.9.